The molecule has 0 spiro atoms. The summed E-state index contributed by atoms with van der Waals surface area (Å²) in [5.41, 5.74) is 1.93. The van der Waals surface area contributed by atoms with E-state index in [2.05, 4.69) is 10.6 Å². The van der Waals surface area contributed by atoms with Gasteiger partial charge in [0.2, 0.25) is 0 Å². The third kappa shape index (κ3) is 5.88. The van der Waals surface area contributed by atoms with Gasteiger partial charge >= 0.3 is 0 Å². The summed E-state index contributed by atoms with van der Waals surface area (Å²) in [4.78, 5) is 25.1. The van der Waals surface area contributed by atoms with Crippen LogP contribution in [-0.4, -0.2) is 32.0 Å². The summed E-state index contributed by atoms with van der Waals surface area (Å²) >= 11 is 18.0. The van der Waals surface area contributed by atoms with Crippen molar-refractivity contribution in [2.75, 3.05) is 30.8 Å². The van der Waals surface area contributed by atoms with Crippen LogP contribution in [-0.2, 0) is 9.59 Å². The molecule has 0 radical (unpaired) electrons. The van der Waals surface area contributed by atoms with Crippen LogP contribution in [0.15, 0.2) is 36.4 Å². The molecule has 1 atom stereocenters. The van der Waals surface area contributed by atoms with E-state index in [1.165, 1.54) is 0 Å². The Morgan fingerprint density at radius 3 is 2.15 bits per heavy atom. The van der Waals surface area contributed by atoms with E-state index in [0.717, 1.165) is 5.56 Å². The SMILES string of the molecule is Cc1ccc(Cl)cc1NC(=O)C[NH+](C)CC(=O)Nc1c(Cl)cccc1Cl. The molecule has 0 aromatic heterocycles. The van der Waals surface area contributed by atoms with Crippen molar-refractivity contribution in [3.63, 3.8) is 0 Å². The number of amides is 2. The zero-order chi connectivity index (χ0) is 19.3. The number of carbonyl (C=O) groups is 2. The van der Waals surface area contributed by atoms with Gasteiger partial charge in [-0.05, 0) is 36.8 Å². The Bertz CT molecular complexity index is 807. The largest absolute Gasteiger partial charge is 0.322 e. The number of benzene rings is 2. The first kappa shape index (κ1) is 20.5. The molecule has 5 nitrogen and oxygen atoms in total. The predicted octanol–water partition coefficient (Wildman–Crippen LogP) is 3.05. The Hall–Kier alpha value is -1.79. The maximum Gasteiger partial charge on any atom is 0.279 e. The van der Waals surface area contributed by atoms with Gasteiger partial charge < -0.3 is 15.5 Å². The second-order valence-electron chi connectivity index (χ2n) is 5.96. The Morgan fingerprint density at radius 1 is 0.962 bits per heavy atom. The molecule has 2 amide bonds. The van der Waals surface area contributed by atoms with Crippen LogP contribution in [0, 0.1) is 6.92 Å². The van der Waals surface area contributed by atoms with Gasteiger partial charge in [0.05, 0.1) is 22.8 Å². The molecule has 138 valence electrons. The molecule has 8 heteroatoms. The van der Waals surface area contributed by atoms with Gasteiger partial charge in [0.1, 0.15) is 0 Å². The molecule has 3 N–H and O–H groups in total. The maximum absolute atomic E-state index is 12.2. The van der Waals surface area contributed by atoms with Crippen molar-refractivity contribution in [3.8, 4) is 0 Å². The number of anilines is 2. The Balaban J connectivity index is 1.89. The molecular formula is C18H19Cl3N3O2+. The number of carbonyl (C=O) groups excluding carboxylic acids is 2. The third-order valence-electron chi connectivity index (χ3n) is 3.63. The molecule has 0 saturated heterocycles. The van der Waals surface area contributed by atoms with E-state index in [4.69, 9.17) is 34.8 Å². The van der Waals surface area contributed by atoms with Crippen molar-refractivity contribution in [2.45, 2.75) is 6.92 Å². The minimum Gasteiger partial charge on any atom is -0.322 e. The van der Waals surface area contributed by atoms with Gasteiger partial charge in [-0.3, -0.25) is 9.59 Å². The van der Waals surface area contributed by atoms with Crippen molar-refractivity contribution in [1.82, 2.24) is 0 Å². The van der Waals surface area contributed by atoms with E-state index < -0.39 is 0 Å². The first-order chi connectivity index (χ1) is 12.3. The summed E-state index contributed by atoms with van der Waals surface area (Å²) in [7, 11) is 1.75. The molecule has 2 rings (SSSR count). The number of nitrogens with one attached hydrogen (secondary N) is 3. The summed E-state index contributed by atoms with van der Waals surface area (Å²) in [5, 5.41) is 6.74. The summed E-state index contributed by atoms with van der Waals surface area (Å²) < 4.78 is 0. The predicted molar refractivity (Wildman–Crippen MR) is 107 cm³/mol. The highest BCUT2D eigenvalue weighted by molar-refractivity contribution is 6.39. The Kier molecular flexibility index (Phi) is 7.29. The van der Waals surface area contributed by atoms with Crippen LogP contribution in [0.3, 0.4) is 0 Å². The number of hydrogen-bond donors (Lipinski definition) is 3. The van der Waals surface area contributed by atoms with Crippen LogP contribution in [0.25, 0.3) is 0 Å². The average molecular weight is 416 g/mol. The zero-order valence-electron chi connectivity index (χ0n) is 14.3. The number of rotatable bonds is 6. The molecule has 0 aliphatic carbocycles. The van der Waals surface area contributed by atoms with Gasteiger partial charge in [-0.15, -0.1) is 0 Å². The van der Waals surface area contributed by atoms with Crippen molar-refractivity contribution in [3.05, 3.63) is 57.0 Å². The molecule has 1 unspecified atom stereocenters. The highest BCUT2D eigenvalue weighted by Crippen LogP contribution is 2.29. The second kappa shape index (κ2) is 9.24. The lowest BCUT2D eigenvalue weighted by Crippen LogP contribution is -3.11. The summed E-state index contributed by atoms with van der Waals surface area (Å²) in [5.74, 6) is -0.499. The number of halogens is 3. The van der Waals surface area contributed by atoms with Crippen LogP contribution >= 0.6 is 34.8 Å². The fraction of sp³-hybridized carbons (Fsp3) is 0.222. The van der Waals surface area contributed by atoms with E-state index >= 15 is 0 Å². The number of hydrogen-bond acceptors (Lipinski definition) is 2. The summed E-state index contributed by atoms with van der Waals surface area (Å²) in [6, 6.07) is 10.3. The fourth-order valence-corrected chi connectivity index (χ4v) is 3.00. The number of likely N-dealkylation sites (N-methyl/N-ethyl adjacent to an activating group) is 1. The van der Waals surface area contributed by atoms with E-state index in [1.807, 2.05) is 13.0 Å². The molecule has 2 aromatic carbocycles. The normalized spacial score (nSPS) is 11.7. The van der Waals surface area contributed by atoms with Gasteiger partial charge in [0.15, 0.2) is 13.1 Å². The molecule has 0 aliphatic heterocycles. The molecule has 0 bridgehead atoms. The average Bonchev–Trinajstić information content (AvgIpc) is 2.54. The van der Waals surface area contributed by atoms with E-state index in [1.54, 1.807) is 37.4 Å². The van der Waals surface area contributed by atoms with Gasteiger partial charge in [0, 0.05) is 10.7 Å². The highest BCUT2D eigenvalue weighted by atomic mass is 35.5. The van der Waals surface area contributed by atoms with Gasteiger partial charge in [-0.1, -0.05) is 46.9 Å². The lowest BCUT2D eigenvalue weighted by Gasteiger charge is -2.15. The lowest BCUT2D eigenvalue weighted by molar-refractivity contribution is -0.862. The molecule has 0 aliphatic rings. The zero-order valence-corrected chi connectivity index (χ0v) is 16.6. The van der Waals surface area contributed by atoms with E-state index in [0.29, 0.717) is 31.3 Å². The summed E-state index contributed by atoms with van der Waals surface area (Å²) in [6.07, 6.45) is 0. The fourth-order valence-electron chi connectivity index (χ4n) is 2.33. The first-order valence-corrected chi connectivity index (χ1v) is 9.01. The second-order valence-corrected chi connectivity index (χ2v) is 7.21. The Labute approximate surface area is 167 Å². The smallest absolute Gasteiger partial charge is 0.279 e. The van der Waals surface area contributed by atoms with Crippen molar-refractivity contribution < 1.29 is 14.5 Å². The van der Waals surface area contributed by atoms with Gasteiger partial charge in [-0.25, -0.2) is 0 Å². The molecule has 0 saturated carbocycles. The van der Waals surface area contributed by atoms with Crippen LogP contribution in [0.5, 0.6) is 0 Å². The monoisotopic (exact) mass is 414 g/mol. The van der Waals surface area contributed by atoms with Crippen molar-refractivity contribution in [1.29, 1.82) is 0 Å². The topological polar surface area (TPSA) is 62.6 Å². The lowest BCUT2D eigenvalue weighted by atomic mass is 10.2. The van der Waals surface area contributed by atoms with Crippen LogP contribution in [0.1, 0.15) is 5.56 Å². The quantitative estimate of drug-likeness (QED) is 0.679. The van der Waals surface area contributed by atoms with Crippen LogP contribution in [0.2, 0.25) is 15.1 Å². The van der Waals surface area contributed by atoms with Gasteiger partial charge in [0.25, 0.3) is 11.8 Å². The summed E-state index contributed by atoms with van der Waals surface area (Å²) in [6.45, 7) is 2.09. The minimum absolute atomic E-state index is 0.0868. The van der Waals surface area contributed by atoms with Gasteiger partial charge in [-0.2, -0.15) is 0 Å². The van der Waals surface area contributed by atoms with Crippen LogP contribution in [0.4, 0.5) is 11.4 Å². The molecule has 2 aromatic rings. The Morgan fingerprint density at radius 2 is 1.54 bits per heavy atom. The van der Waals surface area contributed by atoms with Crippen LogP contribution < -0.4 is 15.5 Å². The van der Waals surface area contributed by atoms with E-state index in [9.17, 15) is 9.59 Å². The van der Waals surface area contributed by atoms with Crippen molar-refractivity contribution >= 4 is 58.0 Å². The number of para-hydroxylation sites is 1. The number of quaternary nitrogens is 1. The molecule has 0 fully saturated rings. The minimum atomic E-state index is -0.288. The first-order valence-electron chi connectivity index (χ1n) is 7.87. The highest BCUT2D eigenvalue weighted by Gasteiger charge is 2.17. The van der Waals surface area contributed by atoms with E-state index in [-0.39, 0.29) is 24.9 Å². The molecular weight excluding hydrogens is 397 g/mol. The third-order valence-corrected chi connectivity index (χ3v) is 4.49. The standard InChI is InChI=1S/C18H18Cl3N3O2/c1-11-6-7-12(19)8-15(11)22-16(25)9-24(2)10-17(26)23-18-13(20)4-3-5-14(18)21/h3-8H,9-10H2,1-2H3,(H,22,25)(H,23,26)/p+1. The van der Waals surface area contributed by atoms with Crippen molar-refractivity contribution in [2.24, 2.45) is 0 Å². The molecule has 26 heavy (non-hydrogen) atoms. The maximum atomic E-state index is 12.2. The number of aryl methyl sites for hydroxylation is 1. The molecule has 0 heterocycles.